The molecule has 0 saturated carbocycles. The van der Waals surface area contributed by atoms with Gasteiger partial charge < -0.3 is 10.6 Å². The molecule has 5 heteroatoms. The van der Waals surface area contributed by atoms with Gasteiger partial charge in [0.15, 0.2) is 5.13 Å². The van der Waals surface area contributed by atoms with Crippen LogP contribution in [0.4, 0.5) is 5.13 Å². The van der Waals surface area contributed by atoms with E-state index in [1.54, 1.807) is 11.3 Å². The maximum absolute atomic E-state index is 12.1. The van der Waals surface area contributed by atoms with Gasteiger partial charge in [-0.1, -0.05) is 53.8 Å². The summed E-state index contributed by atoms with van der Waals surface area (Å²) >= 11 is 1.56. The second-order valence-corrected chi connectivity index (χ2v) is 6.09. The summed E-state index contributed by atoms with van der Waals surface area (Å²) in [6.07, 6.45) is 0. The Hall–Kier alpha value is -2.40. The van der Waals surface area contributed by atoms with Crippen molar-refractivity contribution in [3.8, 4) is 0 Å². The summed E-state index contributed by atoms with van der Waals surface area (Å²) in [6, 6.07) is 17.5. The molecule has 1 atom stereocenters. The molecule has 4 nitrogen and oxygen atoms in total. The van der Waals surface area contributed by atoms with E-state index in [1.165, 1.54) is 0 Å². The molecular weight excluding hydrogens is 294 g/mol. The van der Waals surface area contributed by atoms with Crippen LogP contribution in [0.5, 0.6) is 0 Å². The first-order valence-corrected chi connectivity index (χ1v) is 7.98. The lowest BCUT2D eigenvalue weighted by atomic mass is 10.2. The summed E-state index contributed by atoms with van der Waals surface area (Å²) < 4.78 is 1.11. The van der Waals surface area contributed by atoms with Gasteiger partial charge in [0, 0.05) is 6.54 Å². The Morgan fingerprint density at radius 3 is 2.64 bits per heavy atom. The summed E-state index contributed by atoms with van der Waals surface area (Å²) in [6.45, 7) is 2.37. The first-order chi connectivity index (χ1) is 10.7. The molecule has 0 unspecified atom stereocenters. The second-order valence-electron chi connectivity index (χ2n) is 5.06. The molecule has 1 aromatic heterocycles. The van der Waals surface area contributed by atoms with E-state index in [9.17, 15) is 4.79 Å². The molecule has 3 aromatic rings. The van der Waals surface area contributed by atoms with E-state index >= 15 is 0 Å². The highest BCUT2D eigenvalue weighted by Crippen LogP contribution is 2.25. The fraction of sp³-hybridized carbons (Fsp3) is 0.176. The predicted molar refractivity (Wildman–Crippen MR) is 91.0 cm³/mol. The number of benzene rings is 2. The third kappa shape index (κ3) is 3.43. The van der Waals surface area contributed by atoms with E-state index in [4.69, 9.17) is 0 Å². The Kier molecular flexibility index (Phi) is 4.34. The molecule has 0 aliphatic carbocycles. The fourth-order valence-electron chi connectivity index (χ4n) is 2.12. The predicted octanol–water partition coefficient (Wildman–Crippen LogP) is 3.41. The van der Waals surface area contributed by atoms with Gasteiger partial charge in [-0.25, -0.2) is 4.98 Å². The van der Waals surface area contributed by atoms with Crippen LogP contribution < -0.4 is 10.6 Å². The molecule has 2 aromatic carbocycles. The van der Waals surface area contributed by atoms with Crippen LogP contribution >= 0.6 is 11.3 Å². The number of rotatable bonds is 5. The van der Waals surface area contributed by atoms with Crippen molar-refractivity contribution in [1.82, 2.24) is 10.3 Å². The number of fused-ring (bicyclic) bond motifs is 1. The molecule has 3 rings (SSSR count). The highest BCUT2D eigenvalue weighted by molar-refractivity contribution is 7.22. The van der Waals surface area contributed by atoms with Crippen molar-refractivity contribution < 1.29 is 4.79 Å². The van der Waals surface area contributed by atoms with Gasteiger partial charge in [-0.05, 0) is 24.6 Å². The second kappa shape index (κ2) is 6.58. The quantitative estimate of drug-likeness (QED) is 0.759. The topological polar surface area (TPSA) is 54.0 Å². The van der Waals surface area contributed by atoms with Gasteiger partial charge in [0.2, 0.25) is 5.91 Å². The van der Waals surface area contributed by atoms with E-state index in [0.717, 1.165) is 20.9 Å². The molecule has 112 valence electrons. The Morgan fingerprint density at radius 1 is 1.14 bits per heavy atom. The number of carbonyl (C=O) groups is 1. The monoisotopic (exact) mass is 311 g/mol. The van der Waals surface area contributed by atoms with Crippen molar-refractivity contribution in [2.75, 3.05) is 5.32 Å². The minimum atomic E-state index is -0.329. The number of amides is 1. The van der Waals surface area contributed by atoms with Gasteiger partial charge in [-0.15, -0.1) is 0 Å². The van der Waals surface area contributed by atoms with Gasteiger partial charge >= 0.3 is 0 Å². The number of carbonyl (C=O) groups excluding carboxylic acids is 1. The molecule has 2 N–H and O–H groups in total. The molecule has 0 saturated heterocycles. The molecular formula is C17H17N3OS. The highest BCUT2D eigenvalue weighted by Gasteiger charge is 2.14. The zero-order valence-corrected chi connectivity index (χ0v) is 13.1. The summed E-state index contributed by atoms with van der Waals surface area (Å²) in [4.78, 5) is 16.6. The molecule has 1 amide bonds. The first kappa shape index (κ1) is 14.5. The summed E-state index contributed by atoms with van der Waals surface area (Å²) in [5.74, 6) is -0.0388. The van der Waals surface area contributed by atoms with E-state index in [2.05, 4.69) is 15.6 Å². The number of aromatic nitrogens is 1. The lowest BCUT2D eigenvalue weighted by Crippen LogP contribution is -2.37. The maximum Gasteiger partial charge on any atom is 0.242 e. The zero-order chi connectivity index (χ0) is 15.4. The highest BCUT2D eigenvalue weighted by atomic mass is 32.1. The molecule has 22 heavy (non-hydrogen) atoms. The minimum absolute atomic E-state index is 0.0388. The number of para-hydroxylation sites is 1. The summed E-state index contributed by atoms with van der Waals surface area (Å²) in [5.41, 5.74) is 2.04. The standard InChI is InChI=1S/C17H17N3OS/c1-12(16(21)18-11-13-7-3-2-4-8-13)19-17-20-14-9-5-6-10-15(14)22-17/h2-10,12H,11H2,1H3,(H,18,21)(H,19,20)/t12-/m0/s1. The van der Waals surface area contributed by atoms with Crippen LogP contribution in [0.25, 0.3) is 10.2 Å². The van der Waals surface area contributed by atoms with Gasteiger partial charge in [-0.2, -0.15) is 0 Å². The van der Waals surface area contributed by atoms with Crippen LogP contribution in [0.1, 0.15) is 12.5 Å². The Bertz CT molecular complexity index is 737. The van der Waals surface area contributed by atoms with Crippen molar-refractivity contribution in [2.24, 2.45) is 0 Å². The van der Waals surface area contributed by atoms with E-state index in [0.29, 0.717) is 6.54 Å². The largest absolute Gasteiger partial charge is 0.350 e. The van der Waals surface area contributed by atoms with E-state index in [1.807, 2.05) is 61.5 Å². The number of thiazole rings is 1. The smallest absolute Gasteiger partial charge is 0.242 e. The SMILES string of the molecule is C[C@H](Nc1nc2ccccc2s1)C(=O)NCc1ccccc1. The molecule has 0 bridgehead atoms. The number of anilines is 1. The lowest BCUT2D eigenvalue weighted by Gasteiger charge is -2.13. The van der Waals surface area contributed by atoms with Crippen LogP contribution in [0.3, 0.4) is 0 Å². The molecule has 0 fully saturated rings. The number of nitrogens with zero attached hydrogens (tertiary/aromatic N) is 1. The van der Waals surface area contributed by atoms with E-state index < -0.39 is 0 Å². The fourth-order valence-corrected chi connectivity index (χ4v) is 3.08. The summed E-state index contributed by atoms with van der Waals surface area (Å²) in [5, 5.41) is 6.86. The first-order valence-electron chi connectivity index (χ1n) is 7.16. The average molecular weight is 311 g/mol. The van der Waals surface area contributed by atoms with Crippen LogP contribution in [-0.2, 0) is 11.3 Å². The third-order valence-corrected chi connectivity index (χ3v) is 4.30. The van der Waals surface area contributed by atoms with Crippen molar-refractivity contribution in [3.05, 3.63) is 60.2 Å². The van der Waals surface area contributed by atoms with Gasteiger partial charge in [-0.3, -0.25) is 4.79 Å². The van der Waals surface area contributed by atoms with E-state index in [-0.39, 0.29) is 11.9 Å². The normalized spacial score (nSPS) is 12.0. The minimum Gasteiger partial charge on any atom is -0.350 e. The molecule has 0 aliphatic heterocycles. The Morgan fingerprint density at radius 2 is 1.86 bits per heavy atom. The van der Waals surface area contributed by atoms with Crippen LogP contribution in [-0.4, -0.2) is 16.9 Å². The molecule has 0 radical (unpaired) electrons. The van der Waals surface area contributed by atoms with Crippen LogP contribution in [0, 0.1) is 0 Å². The number of hydrogen-bond acceptors (Lipinski definition) is 4. The zero-order valence-electron chi connectivity index (χ0n) is 12.2. The number of nitrogens with one attached hydrogen (secondary N) is 2. The third-order valence-electron chi connectivity index (χ3n) is 3.34. The van der Waals surface area contributed by atoms with Crippen molar-refractivity contribution in [2.45, 2.75) is 19.5 Å². The van der Waals surface area contributed by atoms with Crippen LogP contribution in [0.15, 0.2) is 54.6 Å². The van der Waals surface area contributed by atoms with Gasteiger partial charge in [0.05, 0.1) is 10.2 Å². The molecule has 0 aliphatic rings. The van der Waals surface area contributed by atoms with Gasteiger partial charge in [0.1, 0.15) is 6.04 Å². The van der Waals surface area contributed by atoms with Gasteiger partial charge in [0.25, 0.3) is 0 Å². The average Bonchev–Trinajstić information content (AvgIpc) is 2.95. The summed E-state index contributed by atoms with van der Waals surface area (Å²) in [7, 11) is 0. The molecule has 0 spiro atoms. The maximum atomic E-state index is 12.1. The Labute approximate surface area is 133 Å². The van der Waals surface area contributed by atoms with Crippen molar-refractivity contribution in [3.63, 3.8) is 0 Å². The lowest BCUT2D eigenvalue weighted by molar-refractivity contribution is -0.121. The Balaban J connectivity index is 1.58. The number of hydrogen-bond donors (Lipinski definition) is 2. The van der Waals surface area contributed by atoms with Crippen LogP contribution in [0.2, 0.25) is 0 Å². The van der Waals surface area contributed by atoms with Crippen molar-refractivity contribution >= 4 is 32.6 Å². The van der Waals surface area contributed by atoms with Crippen molar-refractivity contribution in [1.29, 1.82) is 0 Å². The molecule has 1 heterocycles.